The number of rotatable bonds is 0. The third-order valence-corrected chi connectivity index (χ3v) is 4.50. The Morgan fingerprint density at radius 3 is 0.263 bits per heavy atom. The molecule has 0 radical (unpaired) electrons. The molecule has 0 aromatic carbocycles. The van der Waals surface area contributed by atoms with Crippen LogP contribution in [0.15, 0.2) is 0 Å². The largest absolute Gasteiger partial charge is 0.269 e. The van der Waals surface area contributed by atoms with Gasteiger partial charge >= 0.3 is 0 Å². The van der Waals surface area contributed by atoms with E-state index in [9.17, 15) is 0 Å². The molecule has 0 heterocycles. The highest BCUT2D eigenvalue weighted by Crippen LogP contribution is 2.16. The van der Waals surface area contributed by atoms with E-state index in [0.717, 1.165) is 0 Å². The van der Waals surface area contributed by atoms with E-state index in [1.807, 2.05) is 0 Å². The Balaban J connectivity index is 0.000000249. The molecule has 3 saturated carbocycles. The van der Waals surface area contributed by atoms with Gasteiger partial charge in [-0.3, -0.25) is 4.70 Å². The van der Waals surface area contributed by atoms with Crippen molar-refractivity contribution in [3.63, 3.8) is 0 Å². The summed E-state index contributed by atoms with van der Waals surface area (Å²) in [6.45, 7) is 0. The predicted molar refractivity (Wildman–Crippen MR) is 85.6 cm³/mol. The molecule has 1 heteroatoms. The Bertz CT molecular complexity index is 80.7. The third kappa shape index (κ3) is 14.2. The van der Waals surface area contributed by atoms with Crippen molar-refractivity contribution in [2.24, 2.45) is 0 Å². The van der Waals surface area contributed by atoms with Crippen LogP contribution in [-0.4, -0.2) is 0 Å². The lowest BCUT2D eigenvalue weighted by Crippen LogP contribution is -1.85. The van der Waals surface area contributed by atoms with Crippen molar-refractivity contribution in [3.05, 3.63) is 0 Å². The lowest BCUT2D eigenvalue weighted by molar-refractivity contribution is 0.504. The lowest BCUT2D eigenvalue weighted by Gasteiger charge is -2.05. The van der Waals surface area contributed by atoms with Crippen LogP contribution in [0.5, 0.6) is 0 Å². The monoisotopic (exact) mass is 272 g/mol. The second kappa shape index (κ2) is 16.0. The van der Waals surface area contributed by atoms with E-state index in [4.69, 9.17) is 0 Å². The van der Waals surface area contributed by atoms with Crippen LogP contribution in [0.4, 0.5) is 4.70 Å². The van der Waals surface area contributed by atoms with E-state index in [1.54, 1.807) is 0 Å². The van der Waals surface area contributed by atoms with Crippen LogP contribution in [0.2, 0.25) is 0 Å². The van der Waals surface area contributed by atoms with Crippen LogP contribution in [0.3, 0.4) is 0 Å². The fourth-order valence-electron chi connectivity index (χ4n) is 3.18. The average molecular weight is 272 g/mol. The SMILES string of the molecule is C1CCCCC1.C1CCCCC1.C1CCCCC1.F. The van der Waals surface area contributed by atoms with Crippen molar-refractivity contribution in [3.8, 4) is 0 Å². The van der Waals surface area contributed by atoms with Crippen molar-refractivity contribution in [2.75, 3.05) is 0 Å². The minimum Gasteiger partial charge on any atom is -0.269 e. The highest BCUT2D eigenvalue weighted by molar-refractivity contribution is 4.52. The highest BCUT2D eigenvalue weighted by Gasteiger charge is 1.96. The molecule has 0 unspecified atom stereocenters. The van der Waals surface area contributed by atoms with Gasteiger partial charge in [-0.1, -0.05) is 116 Å². The molecule has 19 heavy (non-hydrogen) atoms. The molecule has 0 nitrogen and oxygen atoms in total. The maximum absolute atomic E-state index is 1.50. The quantitative estimate of drug-likeness (QED) is 0.438. The molecule has 0 aromatic heterocycles. The molecule has 0 saturated heterocycles. The Kier molecular flexibility index (Phi) is 15.9. The topological polar surface area (TPSA) is 0 Å². The van der Waals surface area contributed by atoms with E-state index >= 15 is 0 Å². The van der Waals surface area contributed by atoms with E-state index in [-0.39, 0.29) is 4.70 Å². The molecular formula is C18H37F. The number of halogens is 1. The van der Waals surface area contributed by atoms with Gasteiger partial charge in [-0.2, -0.15) is 0 Å². The van der Waals surface area contributed by atoms with Crippen molar-refractivity contribution in [2.45, 2.75) is 116 Å². The summed E-state index contributed by atoms with van der Waals surface area (Å²) in [5, 5.41) is 0. The van der Waals surface area contributed by atoms with Gasteiger partial charge in [0.25, 0.3) is 0 Å². The fraction of sp³-hybridized carbons (Fsp3) is 1.00. The van der Waals surface area contributed by atoms with Crippen molar-refractivity contribution in [1.82, 2.24) is 0 Å². The molecule has 0 aromatic rings. The first-order valence-electron chi connectivity index (χ1n) is 9.00. The first-order chi connectivity index (χ1) is 9.00. The van der Waals surface area contributed by atoms with Gasteiger partial charge in [-0.15, -0.1) is 0 Å². The second-order valence-corrected chi connectivity index (χ2v) is 6.36. The summed E-state index contributed by atoms with van der Waals surface area (Å²) in [5.41, 5.74) is 0. The van der Waals surface area contributed by atoms with Gasteiger partial charge < -0.3 is 0 Å². The van der Waals surface area contributed by atoms with Crippen LogP contribution in [0.1, 0.15) is 116 Å². The molecule has 0 spiro atoms. The van der Waals surface area contributed by atoms with Gasteiger partial charge in [-0.25, -0.2) is 0 Å². The van der Waals surface area contributed by atoms with Crippen LogP contribution < -0.4 is 0 Å². The van der Waals surface area contributed by atoms with Crippen LogP contribution in [0, 0.1) is 0 Å². The molecule has 3 aliphatic rings. The van der Waals surface area contributed by atoms with E-state index in [1.165, 1.54) is 116 Å². The molecule has 3 fully saturated rings. The zero-order valence-corrected chi connectivity index (χ0v) is 13.1. The first kappa shape index (κ1) is 18.9. The Labute approximate surface area is 121 Å². The van der Waals surface area contributed by atoms with Gasteiger partial charge in [-0.05, 0) is 0 Å². The number of hydrogen-bond donors (Lipinski definition) is 0. The molecule has 116 valence electrons. The van der Waals surface area contributed by atoms with Gasteiger partial charge in [0.1, 0.15) is 0 Å². The Hall–Kier alpha value is -0.0700. The van der Waals surface area contributed by atoms with Gasteiger partial charge in [0.2, 0.25) is 0 Å². The predicted octanol–water partition coefficient (Wildman–Crippen LogP) is 7.17. The smallest absolute Gasteiger partial charge is 0.0533 e. The molecule has 0 N–H and O–H groups in total. The van der Waals surface area contributed by atoms with Crippen molar-refractivity contribution < 1.29 is 4.70 Å². The Morgan fingerprint density at radius 1 is 0.158 bits per heavy atom. The molecule has 0 amide bonds. The van der Waals surface area contributed by atoms with E-state index in [2.05, 4.69) is 0 Å². The average Bonchev–Trinajstić information content (AvgIpc) is 2.54. The first-order valence-corrected chi connectivity index (χ1v) is 9.00. The molecule has 0 aliphatic heterocycles. The van der Waals surface area contributed by atoms with Crippen molar-refractivity contribution in [1.29, 1.82) is 0 Å². The van der Waals surface area contributed by atoms with Gasteiger partial charge in [0.05, 0.1) is 0 Å². The molecule has 3 aliphatic carbocycles. The molecule has 0 atom stereocenters. The van der Waals surface area contributed by atoms with E-state index < -0.39 is 0 Å². The van der Waals surface area contributed by atoms with Crippen LogP contribution in [-0.2, 0) is 0 Å². The minimum atomic E-state index is 0. The summed E-state index contributed by atoms with van der Waals surface area (Å²) in [5.74, 6) is 0. The van der Waals surface area contributed by atoms with Crippen LogP contribution in [0.25, 0.3) is 0 Å². The van der Waals surface area contributed by atoms with Gasteiger partial charge in [0, 0.05) is 0 Å². The minimum absolute atomic E-state index is 0. The Morgan fingerprint density at radius 2 is 0.211 bits per heavy atom. The highest BCUT2D eigenvalue weighted by atomic mass is 19.0. The van der Waals surface area contributed by atoms with E-state index in [0.29, 0.717) is 0 Å². The zero-order chi connectivity index (χ0) is 12.7. The summed E-state index contributed by atoms with van der Waals surface area (Å²) >= 11 is 0. The van der Waals surface area contributed by atoms with Gasteiger partial charge in [0.15, 0.2) is 0 Å². The maximum atomic E-state index is 1.50. The molecule has 3 rings (SSSR count). The summed E-state index contributed by atoms with van der Waals surface area (Å²) in [7, 11) is 0. The number of hydrogen-bond acceptors (Lipinski definition) is 0. The fourth-order valence-corrected chi connectivity index (χ4v) is 3.18. The van der Waals surface area contributed by atoms with Crippen molar-refractivity contribution >= 4 is 0 Å². The summed E-state index contributed by atoms with van der Waals surface area (Å²) in [6.07, 6.45) is 27.0. The van der Waals surface area contributed by atoms with Crippen LogP contribution >= 0.6 is 0 Å². The molecule has 0 bridgehead atoms. The summed E-state index contributed by atoms with van der Waals surface area (Å²) in [6, 6.07) is 0. The standard InChI is InChI=1S/3C6H12.FH/c3*1-2-4-6-5-3-1;/h3*1-6H2;1H. The third-order valence-electron chi connectivity index (χ3n) is 4.50. The lowest BCUT2D eigenvalue weighted by atomic mass is 10.0. The zero-order valence-electron chi connectivity index (χ0n) is 13.1. The summed E-state index contributed by atoms with van der Waals surface area (Å²) in [4.78, 5) is 0. The summed E-state index contributed by atoms with van der Waals surface area (Å²) < 4.78 is 0. The molecular weight excluding hydrogens is 235 g/mol. The second-order valence-electron chi connectivity index (χ2n) is 6.36. The maximum Gasteiger partial charge on any atom is -0.0533 e. The normalized spacial score (nSPS) is 22.7.